The van der Waals surface area contributed by atoms with E-state index >= 15 is 0 Å². The number of aromatic nitrogens is 2. The van der Waals surface area contributed by atoms with Crippen molar-refractivity contribution >= 4 is 11.0 Å². The third-order valence-electron chi connectivity index (χ3n) is 5.52. The molecule has 3 aromatic carbocycles. The fraction of sp³-hybridized carbons (Fsp3) is 0.0323. The molecule has 173 valence electrons. The van der Waals surface area contributed by atoms with Gasteiger partial charge in [-0.15, -0.1) is 71.3 Å². The third-order valence-corrected chi connectivity index (χ3v) is 5.52. The Balaban J connectivity index is 0.000000179. The van der Waals surface area contributed by atoms with Gasteiger partial charge in [0, 0.05) is 37.9 Å². The first-order chi connectivity index (χ1) is 16.8. The van der Waals surface area contributed by atoms with E-state index in [-0.39, 0.29) is 20.1 Å². The molecular weight excluding hydrogens is 609 g/mol. The van der Waals surface area contributed by atoms with Gasteiger partial charge in [0.1, 0.15) is 5.58 Å². The number of pyridine rings is 2. The van der Waals surface area contributed by atoms with Crippen LogP contribution in [0.4, 0.5) is 0 Å². The average molecular weight is 631 g/mol. The molecule has 0 bridgehead atoms. The molecule has 0 aliphatic carbocycles. The van der Waals surface area contributed by atoms with Crippen LogP contribution in [0.5, 0.6) is 0 Å². The summed E-state index contributed by atoms with van der Waals surface area (Å²) in [5.41, 5.74) is 8.33. The maximum atomic E-state index is 5.44. The molecule has 35 heavy (non-hydrogen) atoms. The summed E-state index contributed by atoms with van der Waals surface area (Å²) in [6.07, 6.45) is 5.27. The van der Waals surface area contributed by atoms with Crippen molar-refractivity contribution in [1.82, 2.24) is 9.97 Å². The van der Waals surface area contributed by atoms with Crippen molar-refractivity contribution in [3.05, 3.63) is 133 Å². The van der Waals surface area contributed by atoms with E-state index < -0.39 is 0 Å². The van der Waals surface area contributed by atoms with Gasteiger partial charge < -0.3 is 14.4 Å². The Morgan fingerprint density at radius 2 is 1.46 bits per heavy atom. The number of hydrogen-bond donors (Lipinski definition) is 0. The van der Waals surface area contributed by atoms with E-state index in [9.17, 15) is 0 Å². The number of hydrogen-bond acceptors (Lipinski definition) is 3. The Morgan fingerprint density at radius 3 is 2.26 bits per heavy atom. The monoisotopic (exact) mass is 631 g/mol. The van der Waals surface area contributed by atoms with Crippen LogP contribution in [-0.2, 0) is 20.1 Å². The molecule has 0 amide bonds. The summed E-state index contributed by atoms with van der Waals surface area (Å²) in [6.45, 7) is 2.06. The Bertz CT molecular complexity index is 1510. The van der Waals surface area contributed by atoms with Gasteiger partial charge in [-0.25, -0.2) is 0 Å². The van der Waals surface area contributed by atoms with Crippen LogP contribution in [0.3, 0.4) is 0 Å². The van der Waals surface area contributed by atoms with Gasteiger partial charge in [0.15, 0.2) is 0 Å². The van der Waals surface area contributed by atoms with Gasteiger partial charge in [0.2, 0.25) is 0 Å². The SMILES string of the molecule is Cc1cccnc1-c1[c-]cccc1.[Ir].[c-]1ccc(-c2ccccc2)cc1-c1nccc2occc12. The minimum atomic E-state index is 0. The molecule has 4 heteroatoms. The maximum Gasteiger partial charge on any atom is 0.128 e. The minimum Gasteiger partial charge on any atom is -0.465 e. The summed E-state index contributed by atoms with van der Waals surface area (Å²) < 4.78 is 5.44. The largest absolute Gasteiger partial charge is 0.465 e. The molecule has 3 heterocycles. The summed E-state index contributed by atoms with van der Waals surface area (Å²) >= 11 is 0. The number of furan rings is 1. The molecule has 0 fully saturated rings. The average Bonchev–Trinajstić information content (AvgIpc) is 3.40. The summed E-state index contributed by atoms with van der Waals surface area (Å²) in [6, 6.07) is 38.6. The first-order valence-electron chi connectivity index (χ1n) is 11.1. The third kappa shape index (κ3) is 5.63. The first kappa shape index (κ1) is 24.3. The molecule has 0 saturated carbocycles. The van der Waals surface area contributed by atoms with Crippen molar-refractivity contribution < 1.29 is 24.5 Å². The molecule has 1 radical (unpaired) electrons. The molecule has 0 N–H and O–H groups in total. The molecule has 0 aliphatic rings. The molecular formula is C31H22IrN2O-2. The summed E-state index contributed by atoms with van der Waals surface area (Å²) in [5, 5.41) is 1.01. The summed E-state index contributed by atoms with van der Waals surface area (Å²) in [5.74, 6) is 0. The van der Waals surface area contributed by atoms with Gasteiger partial charge in [-0.3, -0.25) is 0 Å². The topological polar surface area (TPSA) is 38.9 Å². The van der Waals surface area contributed by atoms with E-state index in [1.807, 2.05) is 72.9 Å². The van der Waals surface area contributed by atoms with E-state index in [1.165, 1.54) is 11.1 Å². The van der Waals surface area contributed by atoms with E-state index in [2.05, 4.69) is 59.4 Å². The van der Waals surface area contributed by atoms with Gasteiger partial charge in [0.25, 0.3) is 0 Å². The number of nitrogens with zero attached hydrogens (tertiary/aromatic N) is 2. The van der Waals surface area contributed by atoms with Crippen LogP contribution >= 0.6 is 0 Å². The molecule has 0 unspecified atom stereocenters. The molecule has 6 aromatic rings. The minimum absolute atomic E-state index is 0. The Morgan fingerprint density at radius 1 is 0.657 bits per heavy atom. The Kier molecular flexibility index (Phi) is 7.99. The normalized spacial score (nSPS) is 10.2. The summed E-state index contributed by atoms with van der Waals surface area (Å²) in [7, 11) is 0. The summed E-state index contributed by atoms with van der Waals surface area (Å²) in [4.78, 5) is 8.81. The number of rotatable bonds is 3. The smallest absolute Gasteiger partial charge is 0.128 e. The van der Waals surface area contributed by atoms with Crippen LogP contribution in [0.15, 0.2) is 120 Å². The first-order valence-corrected chi connectivity index (χ1v) is 11.1. The van der Waals surface area contributed by atoms with Gasteiger partial charge in [-0.05, 0) is 42.1 Å². The fourth-order valence-corrected chi connectivity index (χ4v) is 3.83. The van der Waals surface area contributed by atoms with Crippen LogP contribution < -0.4 is 0 Å². The zero-order valence-electron chi connectivity index (χ0n) is 19.1. The van der Waals surface area contributed by atoms with Crippen molar-refractivity contribution in [3.8, 4) is 33.6 Å². The Labute approximate surface area is 218 Å². The maximum absolute atomic E-state index is 5.44. The van der Waals surface area contributed by atoms with Crippen molar-refractivity contribution in [2.45, 2.75) is 6.92 Å². The number of aryl methyl sites for hydroxylation is 1. The van der Waals surface area contributed by atoms with Gasteiger partial charge in [-0.2, -0.15) is 0 Å². The van der Waals surface area contributed by atoms with Crippen molar-refractivity contribution in [3.63, 3.8) is 0 Å². The van der Waals surface area contributed by atoms with Crippen LogP contribution in [0.2, 0.25) is 0 Å². The standard InChI is InChI=1S/C19H12NO.C12H10N.Ir/c1-2-5-14(6-3-1)15-7-4-8-16(13-15)19-17-10-12-21-18(17)9-11-20-19;1-10-6-5-9-13-12(10)11-7-3-2-4-8-11;/h1-7,9-13H;2-7,9H,1H3;/q2*-1;. The second-order valence-corrected chi connectivity index (χ2v) is 7.79. The van der Waals surface area contributed by atoms with Gasteiger partial charge >= 0.3 is 0 Å². The zero-order chi connectivity index (χ0) is 23.2. The van der Waals surface area contributed by atoms with Gasteiger partial charge in [0.05, 0.1) is 6.26 Å². The molecule has 6 rings (SSSR count). The second-order valence-electron chi connectivity index (χ2n) is 7.79. The van der Waals surface area contributed by atoms with E-state index in [0.717, 1.165) is 39.0 Å². The van der Waals surface area contributed by atoms with Crippen LogP contribution in [0, 0.1) is 19.1 Å². The quantitative estimate of drug-likeness (QED) is 0.187. The zero-order valence-corrected chi connectivity index (χ0v) is 21.5. The second kappa shape index (κ2) is 11.5. The molecule has 0 spiro atoms. The number of fused-ring (bicyclic) bond motifs is 1. The predicted molar refractivity (Wildman–Crippen MR) is 137 cm³/mol. The van der Waals surface area contributed by atoms with Crippen LogP contribution in [0.25, 0.3) is 44.6 Å². The molecule has 0 atom stereocenters. The van der Waals surface area contributed by atoms with Gasteiger partial charge in [-0.1, -0.05) is 42.0 Å². The van der Waals surface area contributed by atoms with E-state index in [4.69, 9.17) is 4.42 Å². The number of benzene rings is 3. The fourth-order valence-electron chi connectivity index (χ4n) is 3.83. The van der Waals surface area contributed by atoms with Crippen LogP contribution in [0.1, 0.15) is 5.56 Å². The van der Waals surface area contributed by atoms with E-state index in [0.29, 0.717) is 0 Å². The molecule has 3 nitrogen and oxygen atoms in total. The molecule has 3 aromatic heterocycles. The predicted octanol–water partition coefficient (Wildman–Crippen LogP) is 7.82. The van der Waals surface area contributed by atoms with Crippen molar-refractivity contribution in [2.24, 2.45) is 0 Å². The molecule has 0 aliphatic heterocycles. The van der Waals surface area contributed by atoms with E-state index in [1.54, 1.807) is 12.5 Å². The Hall–Kier alpha value is -3.85. The van der Waals surface area contributed by atoms with Crippen molar-refractivity contribution in [2.75, 3.05) is 0 Å². The van der Waals surface area contributed by atoms with Crippen LogP contribution in [-0.4, -0.2) is 9.97 Å². The molecule has 0 saturated heterocycles. The van der Waals surface area contributed by atoms with Crippen molar-refractivity contribution in [1.29, 1.82) is 0 Å².